The van der Waals surface area contributed by atoms with Gasteiger partial charge >= 0.3 is 0 Å². The number of benzene rings is 2. The molecule has 2 heterocycles. The molecule has 1 aromatic heterocycles. The number of aromatic nitrogens is 2. The van der Waals surface area contributed by atoms with Crippen LogP contribution < -0.4 is 5.32 Å². The van der Waals surface area contributed by atoms with Crippen LogP contribution in [0.4, 0.5) is 4.39 Å². The van der Waals surface area contributed by atoms with E-state index in [0.29, 0.717) is 25.4 Å². The number of carbonyl (C=O) groups is 1. The predicted octanol–water partition coefficient (Wildman–Crippen LogP) is 3.97. The molecule has 1 saturated heterocycles. The van der Waals surface area contributed by atoms with Gasteiger partial charge < -0.3 is 5.32 Å². The number of rotatable bonds is 8. The summed E-state index contributed by atoms with van der Waals surface area (Å²) in [5.41, 5.74) is 3.02. The van der Waals surface area contributed by atoms with Crippen LogP contribution in [0.3, 0.4) is 0 Å². The van der Waals surface area contributed by atoms with Crippen molar-refractivity contribution in [3.8, 4) is 5.69 Å². The number of nitrogens with one attached hydrogen (secondary N) is 1. The van der Waals surface area contributed by atoms with Crippen molar-refractivity contribution in [1.29, 1.82) is 0 Å². The van der Waals surface area contributed by atoms with Crippen LogP contribution in [-0.2, 0) is 17.8 Å². The van der Waals surface area contributed by atoms with Crippen molar-refractivity contribution in [2.24, 2.45) is 5.92 Å². The maximum absolute atomic E-state index is 13.9. The Bertz CT molecular complexity index is 974. The van der Waals surface area contributed by atoms with Crippen LogP contribution in [0.5, 0.6) is 0 Å². The maximum Gasteiger partial charge on any atom is 0.220 e. The van der Waals surface area contributed by atoms with Crippen LogP contribution in [0.25, 0.3) is 5.69 Å². The van der Waals surface area contributed by atoms with Gasteiger partial charge in [-0.25, -0.2) is 9.07 Å². The average molecular weight is 421 g/mol. The first kappa shape index (κ1) is 21.2. The molecule has 1 unspecified atom stereocenters. The predicted molar refractivity (Wildman–Crippen MR) is 119 cm³/mol. The zero-order chi connectivity index (χ0) is 21.5. The third kappa shape index (κ3) is 6.01. The van der Waals surface area contributed by atoms with Gasteiger partial charge in [-0.3, -0.25) is 9.69 Å². The Morgan fingerprint density at radius 3 is 2.84 bits per heavy atom. The monoisotopic (exact) mass is 420 g/mol. The average Bonchev–Trinajstić information content (AvgIpc) is 3.32. The SMILES string of the molecule is O=C(CCc1ccccc1)NCC1CCCN(Cc2cc(F)ccc2-n2cccn2)C1. The lowest BCUT2D eigenvalue weighted by Gasteiger charge is -2.33. The lowest BCUT2D eigenvalue weighted by Crippen LogP contribution is -2.40. The lowest BCUT2D eigenvalue weighted by atomic mass is 9.97. The van der Waals surface area contributed by atoms with Crippen molar-refractivity contribution in [1.82, 2.24) is 20.0 Å². The van der Waals surface area contributed by atoms with E-state index in [1.807, 2.05) is 30.5 Å². The standard InChI is InChI=1S/C25H29FN4O/c26-23-10-11-24(30-15-5-13-28-30)22(16-23)19-29-14-4-8-21(18-29)17-27-25(31)12-9-20-6-2-1-3-7-20/h1-3,5-7,10-11,13,15-16,21H,4,8-9,12,14,17-19H2,(H,27,31). The number of likely N-dealkylation sites (tertiary alicyclic amines) is 1. The molecule has 0 aliphatic carbocycles. The van der Waals surface area contributed by atoms with Gasteiger partial charge in [0.1, 0.15) is 5.82 Å². The van der Waals surface area contributed by atoms with Gasteiger partial charge in [0, 0.05) is 38.4 Å². The number of hydrogen-bond acceptors (Lipinski definition) is 3. The molecular formula is C25H29FN4O. The van der Waals surface area contributed by atoms with Gasteiger partial charge in [-0.1, -0.05) is 30.3 Å². The molecule has 1 aliphatic heterocycles. The summed E-state index contributed by atoms with van der Waals surface area (Å²) in [6.45, 7) is 3.24. The Kier molecular flexibility index (Phi) is 7.10. The van der Waals surface area contributed by atoms with E-state index in [0.717, 1.165) is 43.6 Å². The van der Waals surface area contributed by atoms with Gasteiger partial charge in [0.25, 0.3) is 0 Å². The van der Waals surface area contributed by atoms with Crippen LogP contribution in [0.15, 0.2) is 67.0 Å². The molecule has 0 spiro atoms. The van der Waals surface area contributed by atoms with Gasteiger partial charge in [0.05, 0.1) is 5.69 Å². The number of nitrogens with zero attached hydrogens (tertiary/aromatic N) is 3. The van der Waals surface area contributed by atoms with Crippen molar-refractivity contribution in [3.05, 3.63) is 83.9 Å². The normalized spacial score (nSPS) is 16.9. The zero-order valence-corrected chi connectivity index (χ0v) is 17.7. The maximum atomic E-state index is 13.9. The smallest absolute Gasteiger partial charge is 0.220 e. The Morgan fingerprint density at radius 2 is 2.03 bits per heavy atom. The minimum Gasteiger partial charge on any atom is -0.356 e. The van der Waals surface area contributed by atoms with Gasteiger partial charge in [0.15, 0.2) is 0 Å². The lowest BCUT2D eigenvalue weighted by molar-refractivity contribution is -0.121. The van der Waals surface area contributed by atoms with E-state index in [2.05, 4.69) is 27.4 Å². The molecule has 3 aromatic rings. The summed E-state index contributed by atoms with van der Waals surface area (Å²) in [7, 11) is 0. The second kappa shape index (κ2) is 10.4. The molecule has 2 aromatic carbocycles. The molecule has 6 heteroatoms. The van der Waals surface area contributed by atoms with Crippen LogP contribution in [0, 0.1) is 11.7 Å². The fourth-order valence-electron chi connectivity index (χ4n) is 4.27. The summed E-state index contributed by atoms with van der Waals surface area (Å²) in [6.07, 6.45) is 7.06. The van der Waals surface area contributed by atoms with E-state index >= 15 is 0 Å². The van der Waals surface area contributed by atoms with Gasteiger partial charge in [-0.05, 0) is 67.1 Å². The van der Waals surface area contributed by atoms with Gasteiger partial charge in [0.2, 0.25) is 5.91 Å². The number of aryl methyl sites for hydroxylation is 1. The molecule has 5 nitrogen and oxygen atoms in total. The van der Waals surface area contributed by atoms with E-state index < -0.39 is 0 Å². The molecule has 0 saturated carbocycles. The highest BCUT2D eigenvalue weighted by Crippen LogP contribution is 2.22. The van der Waals surface area contributed by atoms with Gasteiger partial charge in [-0.15, -0.1) is 0 Å². The van der Waals surface area contributed by atoms with E-state index in [1.165, 1.54) is 11.6 Å². The third-order valence-corrected chi connectivity index (χ3v) is 5.86. The molecule has 31 heavy (non-hydrogen) atoms. The molecule has 4 rings (SSSR count). The minimum atomic E-state index is -0.231. The zero-order valence-electron chi connectivity index (χ0n) is 17.7. The summed E-state index contributed by atoms with van der Waals surface area (Å²) >= 11 is 0. The Morgan fingerprint density at radius 1 is 1.16 bits per heavy atom. The fourth-order valence-corrected chi connectivity index (χ4v) is 4.27. The first-order valence-electron chi connectivity index (χ1n) is 11.0. The van der Waals surface area contributed by atoms with Crippen LogP contribution in [0.2, 0.25) is 0 Å². The van der Waals surface area contributed by atoms with Crippen molar-refractivity contribution in [2.45, 2.75) is 32.2 Å². The molecular weight excluding hydrogens is 391 g/mol. The number of amides is 1. The largest absolute Gasteiger partial charge is 0.356 e. The molecule has 1 aliphatic rings. The topological polar surface area (TPSA) is 50.2 Å². The number of piperidine rings is 1. The quantitative estimate of drug-likeness (QED) is 0.600. The molecule has 162 valence electrons. The molecule has 1 fully saturated rings. The highest BCUT2D eigenvalue weighted by atomic mass is 19.1. The molecule has 0 radical (unpaired) electrons. The number of halogens is 1. The van der Waals surface area contributed by atoms with Gasteiger partial charge in [-0.2, -0.15) is 5.10 Å². The molecule has 1 amide bonds. The fraction of sp³-hybridized carbons (Fsp3) is 0.360. The number of hydrogen-bond donors (Lipinski definition) is 1. The van der Waals surface area contributed by atoms with E-state index in [-0.39, 0.29) is 11.7 Å². The third-order valence-electron chi connectivity index (χ3n) is 5.86. The Balaban J connectivity index is 1.29. The molecule has 1 atom stereocenters. The van der Waals surface area contributed by atoms with Crippen LogP contribution >= 0.6 is 0 Å². The van der Waals surface area contributed by atoms with Crippen LogP contribution in [-0.4, -0.2) is 40.2 Å². The summed E-state index contributed by atoms with van der Waals surface area (Å²) in [4.78, 5) is 14.6. The van der Waals surface area contributed by atoms with Crippen molar-refractivity contribution in [3.63, 3.8) is 0 Å². The van der Waals surface area contributed by atoms with Crippen molar-refractivity contribution >= 4 is 5.91 Å². The summed E-state index contributed by atoms with van der Waals surface area (Å²) < 4.78 is 15.7. The first-order valence-corrected chi connectivity index (χ1v) is 11.0. The van der Waals surface area contributed by atoms with Crippen LogP contribution in [0.1, 0.15) is 30.4 Å². The van der Waals surface area contributed by atoms with E-state index in [4.69, 9.17) is 0 Å². The van der Waals surface area contributed by atoms with Crippen molar-refractivity contribution < 1.29 is 9.18 Å². The highest BCUT2D eigenvalue weighted by Gasteiger charge is 2.21. The Hall–Kier alpha value is -2.99. The highest BCUT2D eigenvalue weighted by molar-refractivity contribution is 5.76. The summed E-state index contributed by atoms with van der Waals surface area (Å²) in [6, 6.07) is 16.8. The molecule has 1 N–H and O–H groups in total. The van der Waals surface area contributed by atoms with E-state index in [9.17, 15) is 9.18 Å². The van der Waals surface area contributed by atoms with Crippen molar-refractivity contribution in [2.75, 3.05) is 19.6 Å². The number of carbonyl (C=O) groups excluding carboxylic acids is 1. The minimum absolute atomic E-state index is 0.104. The summed E-state index contributed by atoms with van der Waals surface area (Å²) in [5.74, 6) is 0.286. The first-order chi connectivity index (χ1) is 15.2. The second-order valence-corrected chi connectivity index (χ2v) is 8.26. The molecule has 0 bridgehead atoms. The van der Waals surface area contributed by atoms with E-state index in [1.54, 1.807) is 23.0 Å². The second-order valence-electron chi connectivity index (χ2n) is 8.26. The Labute approximate surface area is 182 Å². The summed E-state index contributed by atoms with van der Waals surface area (Å²) in [5, 5.41) is 7.41.